The number of nitrogen functional groups attached to an aromatic ring is 1. The predicted octanol–water partition coefficient (Wildman–Crippen LogP) is 2.49. The molecule has 1 aliphatic rings. The summed E-state index contributed by atoms with van der Waals surface area (Å²) >= 11 is 3.48. The SMILES string of the molecule is Nc1cnc2ccc(Br)cc2c1C1CCC(N)(O)C1. The van der Waals surface area contributed by atoms with Gasteiger partial charge in [-0.2, -0.15) is 0 Å². The topological polar surface area (TPSA) is 85.2 Å². The van der Waals surface area contributed by atoms with Crippen molar-refractivity contribution in [3.05, 3.63) is 34.4 Å². The van der Waals surface area contributed by atoms with Gasteiger partial charge >= 0.3 is 0 Å². The number of hydrogen-bond acceptors (Lipinski definition) is 4. The molecule has 0 saturated heterocycles. The number of hydrogen-bond donors (Lipinski definition) is 3. The van der Waals surface area contributed by atoms with Gasteiger partial charge in [-0.25, -0.2) is 0 Å². The molecule has 0 bridgehead atoms. The van der Waals surface area contributed by atoms with Crippen molar-refractivity contribution in [2.75, 3.05) is 5.73 Å². The third kappa shape index (κ3) is 2.33. The number of pyridine rings is 1. The number of aliphatic hydroxyl groups is 1. The molecule has 5 heteroatoms. The Morgan fingerprint density at radius 3 is 2.89 bits per heavy atom. The summed E-state index contributed by atoms with van der Waals surface area (Å²) in [7, 11) is 0. The van der Waals surface area contributed by atoms with Crippen LogP contribution in [-0.2, 0) is 0 Å². The van der Waals surface area contributed by atoms with E-state index in [2.05, 4.69) is 20.9 Å². The molecule has 1 aromatic carbocycles. The van der Waals surface area contributed by atoms with Crippen LogP contribution in [0, 0.1) is 0 Å². The largest absolute Gasteiger partial charge is 0.397 e. The van der Waals surface area contributed by atoms with Crippen LogP contribution in [0.15, 0.2) is 28.9 Å². The summed E-state index contributed by atoms with van der Waals surface area (Å²) in [6, 6.07) is 5.96. The number of rotatable bonds is 1. The van der Waals surface area contributed by atoms with E-state index in [0.717, 1.165) is 27.4 Å². The fourth-order valence-corrected chi connectivity index (χ4v) is 3.32. The van der Waals surface area contributed by atoms with E-state index in [0.29, 0.717) is 18.5 Å². The van der Waals surface area contributed by atoms with Gasteiger partial charge in [0.05, 0.1) is 17.4 Å². The molecule has 0 aliphatic heterocycles. The molecule has 0 spiro atoms. The van der Waals surface area contributed by atoms with Crippen molar-refractivity contribution in [3.8, 4) is 0 Å². The van der Waals surface area contributed by atoms with E-state index in [4.69, 9.17) is 11.5 Å². The van der Waals surface area contributed by atoms with E-state index < -0.39 is 5.72 Å². The number of fused-ring (bicyclic) bond motifs is 1. The maximum Gasteiger partial charge on any atom is 0.114 e. The van der Waals surface area contributed by atoms with E-state index in [1.165, 1.54) is 0 Å². The van der Waals surface area contributed by atoms with Crippen LogP contribution in [-0.4, -0.2) is 15.8 Å². The Hall–Kier alpha value is -1.17. The molecule has 1 fully saturated rings. The molecule has 0 amide bonds. The Bertz CT molecular complexity index is 637. The van der Waals surface area contributed by atoms with Gasteiger partial charge in [0, 0.05) is 9.86 Å². The van der Waals surface area contributed by atoms with Gasteiger partial charge in [0.15, 0.2) is 0 Å². The van der Waals surface area contributed by atoms with Crippen LogP contribution in [0.2, 0.25) is 0 Å². The van der Waals surface area contributed by atoms with E-state index in [9.17, 15) is 5.11 Å². The van der Waals surface area contributed by atoms with E-state index in [1.54, 1.807) is 6.20 Å². The van der Waals surface area contributed by atoms with Crippen LogP contribution in [0.5, 0.6) is 0 Å². The quantitative estimate of drug-likeness (QED) is 0.704. The van der Waals surface area contributed by atoms with Crippen molar-refractivity contribution in [1.29, 1.82) is 0 Å². The maximum atomic E-state index is 9.96. The van der Waals surface area contributed by atoms with Gasteiger partial charge in [-0.15, -0.1) is 0 Å². The average molecular weight is 322 g/mol. The molecule has 1 heterocycles. The zero-order valence-electron chi connectivity index (χ0n) is 10.4. The van der Waals surface area contributed by atoms with Crippen molar-refractivity contribution in [2.24, 2.45) is 5.73 Å². The fourth-order valence-electron chi connectivity index (χ4n) is 2.96. The molecule has 2 unspecified atom stereocenters. The van der Waals surface area contributed by atoms with Crippen molar-refractivity contribution in [1.82, 2.24) is 4.98 Å². The molecule has 2 aromatic rings. The molecular weight excluding hydrogens is 306 g/mol. The first-order chi connectivity index (χ1) is 8.96. The molecule has 1 saturated carbocycles. The standard InChI is InChI=1S/C14H16BrN3O/c15-9-1-2-12-10(5-9)13(11(16)7-18-12)8-3-4-14(17,19)6-8/h1-2,5,7-8,19H,3-4,6,16-17H2. The number of aromatic nitrogens is 1. The van der Waals surface area contributed by atoms with Crippen LogP contribution in [0.4, 0.5) is 5.69 Å². The van der Waals surface area contributed by atoms with Crippen molar-refractivity contribution >= 4 is 32.5 Å². The van der Waals surface area contributed by atoms with Crippen LogP contribution < -0.4 is 11.5 Å². The van der Waals surface area contributed by atoms with Crippen LogP contribution in [0.25, 0.3) is 10.9 Å². The highest BCUT2D eigenvalue weighted by atomic mass is 79.9. The Morgan fingerprint density at radius 2 is 2.21 bits per heavy atom. The first-order valence-electron chi connectivity index (χ1n) is 6.31. The first-order valence-corrected chi connectivity index (χ1v) is 7.10. The minimum Gasteiger partial charge on any atom is -0.397 e. The van der Waals surface area contributed by atoms with E-state index in [-0.39, 0.29) is 5.92 Å². The number of nitrogens with two attached hydrogens (primary N) is 2. The molecule has 1 aliphatic carbocycles. The third-order valence-corrected chi connectivity index (χ3v) is 4.33. The summed E-state index contributed by atoms with van der Waals surface area (Å²) in [6.07, 6.45) is 3.69. The van der Waals surface area contributed by atoms with Crippen molar-refractivity contribution < 1.29 is 5.11 Å². The van der Waals surface area contributed by atoms with Gasteiger partial charge < -0.3 is 16.6 Å². The highest BCUT2D eigenvalue weighted by Crippen LogP contribution is 2.43. The lowest BCUT2D eigenvalue weighted by molar-refractivity contribution is 0.0533. The molecule has 19 heavy (non-hydrogen) atoms. The lowest BCUT2D eigenvalue weighted by atomic mass is 9.92. The second-order valence-electron chi connectivity index (χ2n) is 5.33. The summed E-state index contributed by atoms with van der Waals surface area (Å²) in [4.78, 5) is 4.35. The second-order valence-corrected chi connectivity index (χ2v) is 6.25. The average Bonchev–Trinajstić information content (AvgIpc) is 2.69. The molecule has 5 N–H and O–H groups in total. The van der Waals surface area contributed by atoms with Crippen molar-refractivity contribution in [2.45, 2.75) is 30.9 Å². The molecule has 0 radical (unpaired) electrons. The van der Waals surface area contributed by atoms with E-state index in [1.807, 2.05) is 18.2 Å². The summed E-state index contributed by atoms with van der Waals surface area (Å²) < 4.78 is 0.995. The van der Waals surface area contributed by atoms with Gasteiger partial charge in [0.25, 0.3) is 0 Å². The smallest absolute Gasteiger partial charge is 0.114 e. The molecule has 1 aromatic heterocycles. The van der Waals surface area contributed by atoms with Gasteiger partial charge in [-0.05, 0) is 48.9 Å². The van der Waals surface area contributed by atoms with Gasteiger partial charge in [-0.3, -0.25) is 4.98 Å². The van der Waals surface area contributed by atoms with Crippen LogP contribution in [0.1, 0.15) is 30.7 Å². The van der Waals surface area contributed by atoms with Gasteiger partial charge in [0.1, 0.15) is 5.72 Å². The van der Waals surface area contributed by atoms with Gasteiger partial charge in [0.2, 0.25) is 0 Å². The molecule has 3 rings (SSSR count). The minimum atomic E-state index is -1.07. The monoisotopic (exact) mass is 321 g/mol. The highest BCUT2D eigenvalue weighted by molar-refractivity contribution is 9.10. The fraction of sp³-hybridized carbons (Fsp3) is 0.357. The third-order valence-electron chi connectivity index (χ3n) is 3.84. The molecule has 4 nitrogen and oxygen atoms in total. The summed E-state index contributed by atoms with van der Waals surface area (Å²) in [6.45, 7) is 0. The molecule has 2 atom stereocenters. The highest BCUT2D eigenvalue weighted by Gasteiger charge is 2.36. The van der Waals surface area contributed by atoms with Crippen molar-refractivity contribution in [3.63, 3.8) is 0 Å². The number of halogens is 1. The zero-order chi connectivity index (χ0) is 13.6. The Kier molecular flexibility index (Phi) is 3.00. The first kappa shape index (κ1) is 12.8. The van der Waals surface area contributed by atoms with Crippen LogP contribution in [0.3, 0.4) is 0 Å². The summed E-state index contributed by atoms with van der Waals surface area (Å²) in [5.74, 6) is 0.190. The minimum absolute atomic E-state index is 0.190. The normalized spacial score (nSPS) is 27.0. The number of benzene rings is 1. The second kappa shape index (κ2) is 4.44. The lowest BCUT2D eigenvalue weighted by Gasteiger charge is -2.18. The molecular formula is C14H16BrN3O. The zero-order valence-corrected chi connectivity index (χ0v) is 12.0. The number of anilines is 1. The Balaban J connectivity index is 2.17. The van der Waals surface area contributed by atoms with Gasteiger partial charge in [-0.1, -0.05) is 15.9 Å². The number of nitrogens with zero attached hydrogens (tertiary/aromatic N) is 1. The Labute approximate surface area is 119 Å². The molecule has 100 valence electrons. The summed E-state index contributed by atoms with van der Waals surface area (Å²) in [5, 5.41) is 11.0. The van der Waals surface area contributed by atoms with Crippen LogP contribution >= 0.6 is 15.9 Å². The maximum absolute atomic E-state index is 9.96. The predicted molar refractivity (Wildman–Crippen MR) is 79.6 cm³/mol. The summed E-state index contributed by atoms with van der Waals surface area (Å²) in [5.41, 5.74) is 13.5. The van der Waals surface area contributed by atoms with E-state index >= 15 is 0 Å². The lowest BCUT2D eigenvalue weighted by Crippen LogP contribution is -2.35. The Morgan fingerprint density at radius 1 is 1.42 bits per heavy atom.